The van der Waals surface area contributed by atoms with Gasteiger partial charge in [-0.2, -0.15) is 0 Å². The predicted molar refractivity (Wildman–Crippen MR) is 63.8 cm³/mol. The number of ether oxygens (including phenoxy) is 1. The Bertz CT molecular complexity index is 543. The lowest BCUT2D eigenvalue weighted by atomic mass is 9.93. The van der Waals surface area contributed by atoms with Crippen LogP contribution in [0.5, 0.6) is 0 Å². The van der Waals surface area contributed by atoms with Crippen LogP contribution in [0, 0.1) is 0 Å². The normalized spacial score (nSPS) is 16.2. The van der Waals surface area contributed by atoms with Gasteiger partial charge in [-0.05, 0) is 18.4 Å². The van der Waals surface area contributed by atoms with E-state index in [4.69, 9.17) is 4.52 Å². The Morgan fingerprint density at radius 2 is 2.11 bits per heavy atom. The molecule has 0 radical (unpaired) electrons. The number of carbonyl (C=O) groups excluding carboxylic acids is 1. The van der Waals surface area contributed by atoms with Crippen molar-refractivity contribution in [2.45, 2.75) is 24.9 Å². The lowest BCUT2D eigenvalue weighted by molar-refractivity contribution is -0.129. The lowest BCUT2D eigenvalue weighted by Gasteiger charge is -2.10. The molecule has 4 heteroatoms. The minimum atomic E-state index is -0.0201. The van der Waals surface area contributed by atoms with Gasteiger partial charge in [0, 0.05) is 6.07 Å². The Kier molecular flexibility index (Phi) is 2.63. The van der Waals surface area contributed by atoms with Gasteiger partial charge >= 0.3 is 0 Å². The lowest BCUT2D eigenvalue weighted by Crippen LogP contribution is -2.06. The first kappa shape index (κ1) is 11.0. The summed E-state index contributed by atoms with van der Waals surface area (Å²) in [4.78, 5) is 10.1. The van der Waals surface area contributed by atoms with E-state index < -0.39 is 0 Å². The van der Waals surface area contributed by atoms with Crippen LogP contribution in [0.15, 0.2) is 40.9 Å². The molecule has 92 valence electrons. The second-order valence-electron chi connectivity index (χ2n) is 4.54. The number of nitrogens with zero attached hydrogens (tertiary/aromatic N) is 1. The van der Waals surface area contributed by atoms with Gasteiger partial charge in [-0.25, -0.2) is 0 Å². The van der Waals surface area contributed by atoms with E-state index in [-0.39, 0.29) is 12.0 Å². The topological polar surface area (TPSA) is 52.3 Å². The summed E-state index contributed by atoms with van der Waals surface area (Å²) in [5.41, 5.74) is 1.89. The molecule has 0 spiro atoms. The fourth-order valence-electron chi connectivity index (χ4n) is 2.28. The second kappa shape index (κ2) is 4.29. The molecule has 0 unspecified atom stereocenters. The van der Waals surface area contributed by atoms with Crippen molar-refractivity contribution in [2.24, 2.45) is 0 Å². The van der Waals surface area contributed by atoms with Crippen molar-refractivity contribution in [1.82, 2.24) is 5.16 Å². The summed E-state index contributed by atoms with van der Waals surface area (Å²) in [5.74, 6) is 0.859. The average Bonchev–Trinajstić information content (AvgIpc) is 3.10. The van der Waals surface area contributed by atoms with E-state index in [1.54, 1.807) is 0 Å². The van der Waals surface area contributed by atoms with Crippen molar-refractivity contribution in [1.29, 1.82) is 0 Å². The maximum absolute atomic E-state index is 10.1. The molecule has 2 aromatic rings. The van der Waals surface area contributed by atoms with Crippen LogP contribution in [0.2, 0.25) is 0 Å². The number of hydrogen-bond donors (Lipinski definition) is 0. The van der Waals surface area contributed by atoms with Crippen molar-refractivity contribution in [2.75, 3.05) is 0 Å². The van der Waals surface area contributed by atoms with Gasteiger partial charge in [0.1, 0.15) is 18.1 Å². The third kappa shape index (κ3) is 1.79. The zero-order chi connectivity index (χ0) is 12.4. The van der Waals surface area contributed by atoms with Crippen LogP contribution in [0.25, 0.3) is 0 Å². The van der Waals surface area contributed by atoms with E-state index in [2.05, 4.69) is 22.0 Å². The van der Waals surface area contributed by atoms with Gasteiger partial charge in [-0.15, -0.1) is 0 Å². The number of rotatable bonds is 5. The highest BCUT2D eigenvalue weighted by Crippen LogP contribution is 2.53. The smallest absolute Gasteiger partial charge is 0.293 e. The highest BCUT2D eigenvalue weighted by Gasteiger charge is 2.49. The van der Waals surface area contributed by atoms with Crippen molar-refractivity contribution in [3.05, 3.63) is 53.4 Å². The quantitative estimate of drug-likeness (QED) is 0.757. The van der Waals surface area contributed by atoms with Crippen molar-refractivity contribution >= 4 is 6.47 Å². The van der Waals surface area contributed by atoms with Crippen LogP contribution < -0.4 is 0 Å². The van der Waals surface area contributed by atoms with Crippen LogP contribution >= 0.6 is 0 Å². The Labute approximate surface area is 105 Å². The van der Waals surface area contributed by atoms with E-state index >= 15 is 0 Å². The number of carbonyl (C=O) groups is 1. The summed E-state index contributed by atoms with van der Waals surface area (Å²) >= 11 is 0. The predicted octanol–water partition coefficient (Wildman–Crippen LogP) is 2.43. The molecular weight excluding hydrogens is 230 g/mol. The van der Waals surface area contributed by atoms with Gasteiger partial charge in [-0.1, -0.05) is 35.5 Å². The first-order chi connectivity index (χ1) is 8.85. The Morgan fingerprint density at radius 1 is 1.33 bits per heavy atom. The molecule has 1 fully saturated rings. The summed E-state index contributed by atoms with van der Waals surface area (Å²) in [7, 11) is 0. The fourth-order valence-corrected chi connectivity index (χ4v) is 2.28. The Morgan fingerprint density at radius 3 is 2.78 bits per heavy atom. The molecule has 0 aliphatic heterocycles. The maximum Gasteiger partial charge on any atom is 0.293 e. The van der Waals surface area contributed by atoms with Gasteiger partial charge in [0.05, 0.1) is 5.41 Å². The molecule has 18 heavy (non-hydrogen) atoms. The van der Waals surface area contributed by atoms with Crippen molar-refractivity contribution in [3.63, 3.8) is 0 Å². The van der Waals surface area contributed by atoms with E-state index in [0.29, 0.717) is 12.2 Å². The molecule has 0 saturated heterocycles. The molecule has 0 bridgehead atoms. The van der Waals surface area contributed by atoms with Gasteiger partial charge in [0.25, 0.3) is 6.47 Å². The molecule has 0 atom stereocenters. The van der Waals surface area contributed by atoms with E-state index in [1.807, 2.05) is 24.3 Å². The first-order valence-electron chi connectivity index (χ1n) is 5.92. The number of benzene rings is 1. The number of hydrogen-bond acceptors (Lipinski definition) is 4. The molecule has 1 aromatic heterocycles. The molecule has 0 amide bonds. The van der Waals surface area contributed by atoms with Crippen LogP contribution in [-0.4, -0.2) is 11.6 Å². The molecule has 1 heterocycles. The minimum Gasteiger partial charge on any atom is -0.461 e. The summed E-state index contributed by atoms with van der Waals surface area (Å²) in [6.45, 7) is 0.580. The molecule has 1 aliphatic rings. The van der Waals surface area contributed by atoms with Crippen LogP contribution in [0.4, 0.5) is 0 Å². The molecular formula is C14H13NO3. The fraction of sp³-hybridized carbons (Fsp3) is 0.286. The highest BCUT2D eigenvalue weighted by atomic mass is 16.5. The van der Waals surface area contributed by atoms with Gasteiger partial charge in [0.15, 0.2) is 0 Å². The van der Waals surface area contributed by atoms with E-state index in [9.17, 15) is 4.79 Å². The van der Waals surface area contributed by atoms with Crippen molar-refractivity contribution < 1.29 is 14.1 Å². The van der Waals surface area contributed by atoms with Crippen molar-refractivity contribution in [3.8, 4) is 0 Å². The van der Waals surface area contributed by atoms with Gasteiger partial charge in [0.2, 0.25) is 0 Å². The first-order valence-corrected chi connectivity index (χ1v) is 5.92. The zero-order valence-electron chi connectivity index (χ0n) is 9.83. The van der Waals surface area contributed by atoms with Gasteiger partial charge in [-0.3, -0.25) is 4.79 Å². The molecule has 1 aromatic carbocycles. The molecule has 0 N–H and O–H groups in total. The Balaban J connectivity index is 1.86. The second-order valence-corrected chi connectivity index (χ2v) is 4.54. The van der Waals surface area contributed by atoms with Crippen LogP contribution in [-0.2, 0) is 21.6 Å². The highest BCUT2D eigenvalue weighted by molar-refractivity contribution is 5.41. The Hall–Kier alpha value is -2.10. The van der Waals surface area contributed by atoms with Crippen LogP contribution in [0.1, 0.15) is 29.9 Å². The SMILES string of the molecule is O=COCc1cc(C2(c3ccccc3)CC2)on1. The number of aromatic nitrogens is 1. The van der Waals surface area contributed by atoms with E-state index in [0.717, 1.165) is 18.6 Å². The molecule has 4 nitrogen and oxygen atoms in total. The monoisotopic (exact) mass is 243 g/mol. The third-order valence-corrected chi connectivity index (χ3v) is 3.41. The van der Waals surface area contributed by atoms with Crippen LogP contribution in [0.3, 0.4) is 0 Å². The standard InChI is InChI=1S/C14H13NO3/c16-10-17-9-12-8-13(18-15-12)14(6-7-14)11-4-2-1-3-5-11/h1-5,8,10H,6-7,9H2. The minimum absolute atomic E-state index is 0.0201. The summed E-state index contributed by atoms with van der Waals surface area (Å²) < 4.78 is 10.1. The molecule has 1 aliphatic carbocycles. The van der Waals surface area contributed by atoms with Gasteiger partial charge < -0.3 is 9.26 Å². The van der Waals surface area contributed by atoms with E-state index in [1.165, 1.54) is 5.56 Å². The largest absolute Gasteiger partial charge is 0.461 e. The summed E-state index contributed by atoms with van der Waals surface area (Å²) in [6, 6.07) is 12.2. The summed E-state index contributed by atoms with van der Waals surface area (Å²) in [6.07, 6.45) is 2.14. The average molecular weight is 243 g/mol. The maximum atomic E-state index is 10.1. The third-order valence-electron chi connectivity index (χ3n) is 3.41. The summed E-state index contributed by atoms with van der Waals surface area (Å²) in [5, 5.41) is 3.93. The molecule has 3 rings (SSSR count). The molecule has 1 saturated carbocycles. The zero-order valence-corrected chi connectivity index (χ0v) is 9.83.